The minimum absolute atomic E-state index is 0.0496. The van der Waals surface area contributed by atoms with Crippen molar-refractivity contribution in [1.82, 2.24) is 0 Å². The molecule has 0 radical (unpaired) electrons. The molecule has 0 heterocycles. The first-order chi connectivity index (χ1) is 8.68. The van der Waals surface area contributed by atoms with E-state index in [0.717, 1.165) is 12.1 Å². The number of anilines is 1. The van der Waals surface area contributed by atoms with E-state index in [4.69, 9.17) is 10.9 Å². The van der Waals surface area contributed by atoms with E-state index < -0.39 is 11.7 Å². The van der Waals surface area contributed by atoms with Crippen LogP contribution in [-0.4, -0.2) is 24.1 Å². The van der Waals surface area contributed by atoms with Gasteiger partial charge >= 0.3 is 6.18 Å². The number of alkyl halides is 3. The number of benzene rings is 1. The van der Waals surface area contributed by atoms with E-state index in [1.165, 1.54) is 6.07 Å². The Morgan fingerprint density at radius 3 is 2.37 bits per heavy atom. The van der Waals surface area contributed by atoms with Crippen molar-refractivity contribution in [3.63, 3.8) is 0 Å². The molecule has 4 nitrogen and oxygen atoms in total. The molecule has 0 aromatic heterocycles. The van der Waals surface area contributed by atoms with E-state index in [1.54, 1.807) is 11.9 Å². The van der Waals surface area contributed by atoms with Crippen LogP contribution in [0.1, 0.15) is 25.0 Å². The van der Waals surface area contributed by atoms with Gasteiger partial charge in [-0.1, -0.05) is 5.16 Å². The molecule has 0 unspecified atom stereocenters. The first-order valence-electron chi connectivity index (χ1n) is 5.60. The Morgan fingerprint density at radius 1 is 1.37 bits per heavy atom. The third-order valence-corrected chi connectivity index (χ3v) is 2.86. The lowest BCUT2D eigenvalue weighted by atomic mass is 10.1. The van der Waals surface area contributed by atoms with Crippen LogP contribution in [0.2, 0.25) is 0 Å². The highest BCUT2D eigenvalue weighted by atomic mass is 19.4. The summed E-state index contributed by atoms with van der Waals surface area (Å²) >= 11 is 0. The maximum atomic E-state index is 12.7. The van der Waals surface area contributed by atoms with Crippen molar-refractivity contribution in [3.8, 4) is 0 Å². The summed E-state index contributed by atoms with van der Waals surface area (Å²) in [6, 6.07) is 3.23. The van der Waals surface area contributed by atoms with Gasteiger partial charge in [-0.2, -0.15) is 13.2 Å². The predicted molar refractivity (Wildman–Crippen MR) is 67.5 cm³/mol. The molecule has 19 heavy (non-hydrogen) atoms. The van der Waals surface area contributed by atoms with Gasteiger partial charge in [-0.15, -0.1) is 0 Å². The highest BCUT2D eigenvalue weighted by Crippen LogP contribution is 2.33. The van der Waals surface area contributed by atoms with E-state index in [1.807, 2.05) is 13.8 Å². The maximum absolute atomic E-state index is 12.7. The Bertz CT molecular complexity index is 484. The number of hydrogen-bond acceptors (Lipinski definition) is 3. The Hall–Kier alpha value is -1.92. The van der Waals surface area contributed by atoms with Crippen LogP contribution < -0.4 is 10.6 Å². The van der Waals surface area contributed by atoms with Crippen LogP contribution in [0.3, 0.4) is 0 Å². The minimum Gasteiger partial charge on any atom is -0.409 e. The SMILES string of the molecule is CC(C)N(C)c1ccc(C(F)(F)F)cc1/C(N)=N/O. The molecular weight excluding hydrogens is 259 g/mol. The Labute approximate surface area is 109 Å². The average Bonchev–Trinajstić information content (AvgIpc) is 2.35. The summed E-state index contributed by atoms with van der Waals surface area (Å²) in [7, 11) is 1.72. The molecule has 0 aliphatic carbocycles. The Morgan fingerprint density at radius 2 is 1.95 bits per heavy atom. The van der Waals surface area contributed by atoms with E-state index >= 15 is 0 Å². The molecule has 1 aromatic carbocycles. The zero-order valence-corrected chi connectivity index (χ0v) is 10.9. The lowest BCUT2D eigenvalue weighted by Crippen LogP contribution is -2.29. The molecule has 0 aliphatic rings. The van der Waals surface area contributed by atoms with Gasteiger partial charge in [0.25, 0.3) is 0 Å². The molecule has 3 N–H and O–H groups in total. The van der Waals surface area contributed by atoms with Gasteiger partial charge in [0, 0.05) is 24.3 Å². The van der Waals surface area contributed by atoms with Gasteiger partial charge in [-0.25, -0.2) is 0 Å². The van der Waals surface area contributed by atoms with Crippen molar-refractivity contribution in [3.05, 3.63) is 29.3 Å². The highest BCUT2D eigenvalue weighted by molar-refractivity contribution is 6.02. The molecular formula is C12H16F3N3O. The molecule has 0 saturated heterocycles. The molecule has 0 fully saturated rings. The Balaban J connectivity index is 3.42. The summed E-state index contributed by atoms with van der Waals surface area (Å²) in [5, 5.41) is 11.5. The van der Waals surface area contributed by atoms with Crippen LogP contribution in [0.4, 0.5) is 18.9 Å². The van der Waals surface area contributed by atoms with Crippen LogP contribution in [-0.2, 0) is 6.18 Å². The minimum atomic E-state index is -4.47. The monoisotopic (exact) mass is 275 g/mol. The molecule has 0 amide bonds. The summed E-state index contributed by atoms with van der Waals surface area (Å²) in [4.78, 5) is 1.74. The lowest BCUT2D eigenvalue weighted by molar-refractivity contribution is -0.137. The predicted octanol–water partition coefficient (Wildman–Crippen LogP) is 2.64. The molecule has 0 saturated carbocycles. The fourth-order valence-electron chi connectivity index (χ4n) is 1.56. The number of amidine groups is 1. The van der Waals surface area contributed by atoms with Crippen LogP contribution in [0.25, 0.3) is 0 Å². The smallest absolute Gasteiger partial charge is 0.409 e. The van der Waals surface area contributed by atoms with Crippen molar-refractivity contribution >= 4 is 11.5 Å². The number of oxime groups is 1. The number of nitrogens with zero attached hydrogens (tertiary/aromatic N) is 2. The van der Waals surface area contributed by atoms with Crippen molar-refractivity contribution in [2.75, 3.05) is 11.9 Å². The molecule has 0 bridgehead atoms. The normalized spacial score (nSPS) is 12.9. The van der Waals surface area contributed by atoms with Crippen molar-refractivity contribution in [1.29, 1.82) is 0 Å². The second kappa shape index (κ2) is 5.38. The van der Waals surface area contributed by atoms with Gasteiger partial charge < -0.3 is 15.8 Å². The van der Waals surface area contributed by atoms with Gasteiger partial charge in [0.15, 0.2) is 5.84 Å². The molecule has 106 valence electrons. The quantitative estimate of drug-likeness (QED) is 0.386. The molecule has 1 rings (SSSR count). The maximum Gasteiger partial charge on any atom is 0.416 e. The summed E-state index contributed by atoms with van der Waals surface area (Å²) in [5.74, 6) is -0.353. The number of hydrogen-bond donors (Lipinski definition) is 2. The van der Waals surface area contributed by atoms with Crippen molar-refractivity contribution in [2.24, 2.45) is 10.9 Å². The lowest BCUT2D eigenvalue weighted by Gasteiger charge is -2.26. The van der Waals surface area contributed by atoms with Crippen molar-refractivity contribution in [2.45, 2.75) is 26.1 Å². The second-order valence-corrected chi connectivity index (χ2v) is 4.42. The summed E-state index contributed by atoms with van der Waals surface area (Å²) in [5.41, 5.74) is 5.13. The summed E-state index contributed by atoms with van der Waals surface area (Å²) in [6.07, 6.45) is -4.47. The van der Waals surface area contributed by atoms with E-state index in [2.05, 4.69) is 5.16 Å². The highest BCUT2D eigenvalue weighted by Gasteiger charge is 2.31. The fraction of sp³-hybridized carbons (Fsp3) is 0.417. The topological polar surface area (TPSA) is 61.8 Å². The van der Waals surface area contributed by atoms with Gasteiger partial charge in [0.1, 0.15) is 0 Å². The van der Waals surface area contributed by atoms with Crippen LogP contribution >= 0.6 is 0 Å². The zero-order chi connectivity index (χ0) is 14.8. The fourth-order valence-corrected chi connectivity index (χ4v) is 1.56. The number of rotatable bonds is 3. The van der Waals surface area contributed by atoms with E-state index in [-0.39, 0.29) is 17.4 Å². The van der Waals surface area contributed by atoms with Gasteiger partial charge in [-0.05, 0) is 32.0 Å². The van der Waals surface area contributed by atoms with Crippen LogP contribution in [0.15, 0.2) is 23.4 Å². The van der Waals surface area contributed by atoms with Gasteiger partial charge in [-0.3, -0.25) is 0 Å². The largest absolute Gasteiger partial charge is 0.416 e. The number of halogens is 3. The third-order valence-electron chi connectivity index (χ3n) is 2.86. The average molecular weight is 275 g/mol. The van der Waals surface area contributed by atoms with Crippen LogP contribution in [0.5, 0.6) is 0 Å². The van der Waals surface area contributed by atoms with Crippen molar-refractivity contribution < 1.29 is 18.4 Å². The second-order valence-electron chi connectivity index (χ2n) is 4.42. The molecule has 1 aromatic rings. The standard InChI is InChI=1S/C12H16F3N3O/c1-7(2)18(3)10-5-4-8(12(13,14)15)6-9(10)11(16)17-19/h4-7,19H,1-3H3,(H2,16,17). The summed E-state index contributed by atoms with van der Waals surface area (Å²) in [6.45, 7) is 3.77. The summed E-state index contributed by atoms with van der Waals surface area (Å²) < 4.78 is 38.0. The molecule has 0 spiro atoms. The first-order valence-corrected chi connectivity index (χ1v) is 5.60. The number of nitrogens with two attached hydrogens (primary N) is 1. The van der Waals surface area contributed by atoms with Gasteiger partial charge in [0.2, 0.25) is 0 Å². The van der Waals surface area contributed by atoms with E-state index in [9.17, 15) is 13.2 Å². The molecule has 0 aliphatic heterocycles. The zero-order valence-electron chi connectivity index (χ0n) is 10.9. The van der Waals surface area contributed by atoms with Gasteiger partial charge in [0.05, 0.1) is 5.56 Å². The van der Waals surface area contributed by atoms with Crippen LogP contribution in [0, 0.1) is 0 Å². The Kier molecular flexibility index (Phi) is 4.28. The molecule has 0 atom stereocenters. The third kappa shape index (κ3) is 3.30. The molecule has 7 heteroatoms. The van der Waals surface area contributed by atoms with E-state index in [0.29, 0.717) is 5.69 Å². The first kappa shape index (κ1) is 15.1.